The SMILES string of the molecule is Cc1ccc2c(c1)CN(CCNC(=O)C1=CCCC1)CC(C)O2. The summed E-state index contributed by atoms with van der Waals surface area (Å²) >= 11 is 0. The van der Waals surface area contributed by atoms with Gasteiger partial charge in [-0.2, -0.15) is 0 Å². The van der Waals surface area contributed by atoms with Gasteiger partial charge in [-0.3, -0.25) is 9.69 Å². The van der Waals surface area contributed by atoms with Gasteiger partial charge in [0, 0.05) is 37.3 Å². The lowest BCUT2D eigenvalue weighted by Crippen LogP contribution is -2.38. The number of carbonyl (C=O) groups is 1. The van der Waals surface area contributed by atoms with Crippen LogP contribution < -0.4 is 10.1 Å². The van der Waals surface area contributed by atoms with E-state index in [0.29, 0.717) is 6.54 Å². The Morgan fingerprint density at radius 3 is 3.09 bits per heavy atom. The molecular formula is C19H26N2O2. The van der Waals surface area contributed by atoms with Crippen LogP contribution in [0.2, 0.25) is 0 Å². The van der Waals surface area contributed by atoms with Crippen LogP contribution in [0.5, 0.6) is 5.75 Å². The highest BCUT2D eigenvalue weighted by molar-refractivity contribution is 5.93. The Kier molecular flexibility index (Phi) is 5.01. The van der Waals surface area contributed by atoms with Crippen molar-refractivity contribution in [3.63, 3.8) is 0 Å². The third-order valence-corrected chi connectivity index (χ3v) is 4.50. The lowest BCUT2D eigenvalue weighted by molar-refractivity contribution is -0.117. The highest BCUT2D eigenvalue weighted by atomic mass is 16.5. The molecule has 23 heavy (non-hydrogen) atoms. The first-order valence-electron chi connectivity index (χ1n) is 8.57. The van der Waals surface area contributed by atoms with Crippen molar-refractivity contribution in [1.82, 2.24) is 10.2 Å². The minimum absolute atomic E-state index is 0.109. The van der Waals surface area contributed by atoms with Crippen molar-refractivity contribution in [2.75, 3.05) is 19.6 Å². The van der Waals surface area contributed by atoms with E-state index in [2.05, 4.69) is 48.3 Å². The summed E-state index contributed by atoms with van der Waals surface area (Å²) in [6.45, 7) is 7.49. The quantitative estimate of drug-likeness (QED) is 0.929. The van der Waals surface area contributed by atoms with Gasteiger partial charge in [-0.15, -0.1) is 0 Å². The number of ether oxygens (including phenoxy) is 1. The van der Waals surface area contributed by atoms with Crippen LogP contribution in [0.1, 0.15) is 37.3 Å². The fourth-order valence-corrected chi connectivity index (χ4v) is 3.36. The summed E-state index contributed by atoms with van der Waals surface area (Å²) < 4.78 is 6.01. The first-order chi connectivity index (χ1) is 11.1. The monoisotopic (exact) mass is 314 g/mol. The van der Waals surface area contributed by atoms with E-state index in [1.54, 1.807) is 0 Å². The van der Waals surface area contributed by atoms with Crippen molar-refractivity contribution in [3.8, 4) is 5.75 Å². The average molecular weight is 314 g/mol. The summed E-state index contributed by atoms with van der Waals surface area (Å²) in [6.07, 6.45) is 5.30. The Hall–Kier alpha value is -1.81. The number of aryl methyl sites for hydroxylation is 1. The molecule has 1 atom stereocenters. The van der Waals surface area contributed by atoms with Crippen LogP contribution in [0.25, 0.3) is 0 Å². The molecule has 0 saturated carbocycles. The van der Waals surface area contributed by atoms with E-state index in [1.807, 2.05) is 0 Å². The maximum absolute atomic E-state index is 12.0. The topological polar surface area (TPSA) is 41.6 Å². The van der Waals surface area contributed by atoms with Gasteiger partial charge in [-0.05, 0) is 39.2 Å². The number of amides is 1. The molecule has 1 aromatic carbocycles. The van der Waals surface area contributed by atoms with Crippen molar-refractivity contribution < 1.29 is 9.53 Å². The van der Waals surface area contributed by atoms with E-state index >= 15 is 0 Å². The number of allylic oxidation sites excluding steroid dienone is 1. The molecule has 124 valence electrons. The van der Waals surface area contributed by atoms with Crippen molar-refractivity contribution in [3.05, 3.63) is 41.0 Å². The zero-order valence-corrected chi connectivity index (χ0v) is 14.1. The molecule has 0 fully saturated rings. The number of nitrogens with one attached hydrogen (secondary N) is 1. The molecule has 4 nitrogen and oxygen atoms in total. The Balaban J connectivity index is 1.56. The Morgan fingerprint density at radius 2 is 2.30 bits per heavy atom. The second-order valence-electron chi connectivity index (χ2n) is 6.65. The maximum Gasteiger partial charge on any atom is 0.246 e. The molecule has 1 unspecified atom stereocenters. The lowest BCUT2D eigenvalue weighted by Gasteiger charge is -2.22. The summed E-state index contributed by atoms with van der Waals surface area (Å²) in [5.74, 6) is 1.10. The lowest BCUT2D eigenvalue weighted by atomic mass is 10.1. The van der Waals surface area contributed by atoms with Gasteiger partial charge in [0.05, 0.1) is 0 Å². The molecular weight excluding hydrogens is 288 g/mol. The third kappa shape index (κ3) is 4.14. The fourth-order valence-electron chi connectivity index (χ4n) is 3.36. The van der Waals surface area contributed by atoms with Gasteiger partial charge in [0.2, 0.25) is 5.91 Å². The number of hydrogen-bond acceptors (Lipinski definition) is 3. The average Bonchev–Trinajstić information content (AvgIpc) is 2.99. The van der Waals surface area contributed by atoms with E-state index in [9.17, 15) is 4.79 Å². The summed E-state index contributed by atoms with van der Waals surface area (Å²) in [6, 6.07) is 6.36. The van der Waals surface area contributed by atoms with E-state index in [0.717, 1.165) is 50.2 Å². The van der Waals surface area contributed by atoms with Crippen molar-refractivity contribution in [2.24, 2.45) is 0 Å². The largest absolute Gasteiger partial charge is 0.489 e. The van der Waals surface area contributed by atoms with Gasteiger partial charge in [0.15, 0.2) is 0 Å². The summed E-state index contributed by atoms with van der Waals surface area (Å²) in [7, 11) is 0. The zero-order chi connectivity index (χ0) is 16.2. The van der Waals surface area contributed by atoms with E-state index in [1.165, 1.54) is 11.1 Å². The van der Waals surface area contributed by atoms with Gasteiger partial charge in [0.1, 0.15) is 11.9 Å². The number of nitrogens with zero attached hydrogens (tertiary/aromatic N) is 1. The molecule has 3 rings (SSSR count). The smallest absolute Gasteiger partial charge is 0.246 e. The molecule has 1 amide bonds. The van der Waals surface area contributed by atoms with Crippen LogP contribution in [0, 0.1) is 6.92 Å². The van der Waals surface area contributed by atoms with Gasteiger partial charge >= 0.3 is 0 Å². The van der Waals surface area contributed by atoms with Gasteiger partial charge < -0.3 is 10.1 Å². The number of fused-ring (bicyclic) bond motifs is 1. The van der Waals surface area contributed by atoms with Crippen molar-refractivity contribution >= 4 is 5.91 Å². The summed E-state index contributed by atoms with van der Waals surface area (Å²) in [4.78, 5) is 14.4. The summed E-state index contributed by atoms with van der Waals surface area (Å²) in [5, 5.41) is 3.05. The second-order valence-corrected chi connectivity index (χ2v) is 6.65. The molecule has 0 spiro atoms. The first kappa shape index (κ1) is 16.1. The molecule has 0 bridgehead atoms. The standard InChI is InChI=1S/C19H26N2O2/c1-14-7-8-18-17(11-14)13-21(12-15(2)23-18)10-9-20-19(22)16-5-3-4-6-16/h5,7-8,11,15H,3-4,6,9-10,12-13H2,1-2H3,(H,20,22). The minimum Gasteiger partial charge on any atom is -0.489 e. The van der Waals surface area contributed by atoms with Crippen LogP contribution in [-0.4, -0.2) is 36.5 Å². The molecule has 0 radical (unpaired) electrons. The van der Waals surface area contributed by atoms with Crippen LogP contribution >= 0.6 is 0 Å². The van der Waals surface area contributed by atoms with Gasteiger partial charge in [-0.1, -0.05) is 23.8 Å². The number of carbonyl (C=O) groups excluding carboxylic acids is 1. The first-order valence-corrected chi connectivity index (χ1v) is 8.57. The van der Waals surface area contributed by atoms with E-state index in [-0.39, 0.29) is 12.0 Å². The number of rotatable bonds is 4. The van der Waals surface area contributed by atoms with Crippen LogP contribution in [0.15, 0.2) is 29.8 Å². The Labute approximate surface area is 138 Å². The minimum atomic E-state index is 0.109. The number of hydrogen-bond donors (Lipinski definition) is 1. The number of benzene rings is 1. The Bertz CT molecular complexity index is 609. The molecule has 1 heterocycles. The predicted octanol–water partition coefficient (Wildman–Crippen LogP) is 2.80. The van der Waals surface area contributed by atoms with E-state index in [4.69, 9.17) is 4.74 Å². The van der Waals surface area contributed by atoms with Crippen LogP contribution in [0.3, 0.4) is 0 Å². The molecule has 4 heteroatoms. The van der Waals surface area contributed by atoms with Crippen LogP contribution in [0.4, 0.5) is 0 Å². The normalized spacial score (nSPS) is 21.1. The van der Waals surface area contributed by atoms with Crippen molar-refractivity contribution in [1.29, 1.82) is 0 Å². The molecule has 1 aliphatic carbocycles. The zero-order valence-electron chi connectivity index (χ0n) is 14.1. The predicted molar refractivity (Wildman–Crippen MR) is 91.5 cm³/mol. The van der Waals surface area contributed by atoms with Crippen molar-refractivity contribution in [2.45, 2.75) is 45.8 Å². The highest BCUT2D eigenvalue weighted by Gasteiger charge is 2.20. The fraction of sp³-hybridized carbons (Fsp3) is 0.526. The highest BCUT2D eigenvalue weighted by Crippen LogP contribution is 2.26. The molecule has 0 saturated heterocycles. The van der Waals surface area contributed by atoms with Gasteiger partial charge in [0.25, 0.3) is 0 Å². The van der Waals surface area contributed by atoms with Gasteiger partial charge in [-0.25, -0.2) is 0 Å². The maximum atomic E-state index is 12.0. The molecule has 1 aromatic rings. The molecule has 1 N–H and O–H groups in total. The summed E-state index contributed by atoms with van der Waals surface area (Å²) in [5.41, 5.74) is 3.45. The molecule has 2 aliphatic rings. The second kappa shape index (κ2) is 7.18. The van der Waals surface area contributed by atoms with Crippen LogP contribution in [-0.2, 0) is 11.3 Å². The third-order valence-electron chi connectivity index (χ3n) is 4.50. The van der Waals surface area contributed by atoms with E-state index < -0.39 is 0 Å². The molecule has 1 aliphatic heterocycles. The molecule has 0 aromatic heterocycles. The Morgan fingerprint density at radius 1 is 1.43 bits per heavy atom.